The van der Waals surface area contributed by atoms with E-state index >= 15 is 0 Å². The van der Waals surface area contributed by atoms with Crippen molar-refractivity contribution in [1.82, 2.24) is 0 Å². The number of hydrogen-bond donors (Lipinski definition) is 0. The molecule has 0 unspecified atom stereocenters. The third-order valence-corrected chi connectivity index (χ3v) is 1.87. The van der Waals surface area contributed by atoms with Gasteiger partial charge in [0.25, 0.3) is 0 Å². The lowest BCUT2D eigenvalue weighted by Crippen LogP contribution is -1.92. The van der Waals surface area contributed by atoms with Crippen molar-refractivity contribution >= 4 is 0 Å². The fourth-order valence-electron chi connectivity index (χ4n) is 1.12. The molecule has 0 saturated heterocycles. The number of ether oxygens (including phenoxy) is 1. The van der Waals surface area contributed by atoms with Gasteiger partial charge in [0, 0.05) is 0 Å². The first-order valence-corrected chi connectivity index (χ1v) is 5.03. The average Bonchev–Trinajstić information content (AvgIpc) is 2.30. The van der Waals surface area contributed by atoms with Gasteiger partial charge >= 0.3 is 0 Å². The minimum atomic E-state index is -0.791. The van der Waals surface area contributed by atoms with Gasteiger partial charge in [0.15, 0.2) is 0 Å². The summed E-state index contributed by atoms with van der Waals surface area (Å²) in [7, 11) is 0. The van der Waals surface area contributed by atoms with Crippen LogP contribution in [0.5, 0.6) is 0 Å². The maximum atomic E-state index is 12.6. The van der Waals surface area contributed by atoms with Gasteiger partial charge in [-0.15, -0.1) is 0 Å². The van der Waals surface area contributed by atoms with Crippen molar-refractivity contribution < 1.29 is 13.5 Å². The van der Waals surface area contributed by atoms with E-state index < -0.39 is 12.5 Å². The molecule has 0 aliphatic carbocycles. The predicted octanol–water partition coefficient (Wildman–Crippen LogP) is 3.58. The summed E-state index contributed by atoms with van der Waals surface area (Å²) < 4.78 is 29.6. The van der Waals surface area contributed by atoms with Crippen molar-refractivity contribution in [3.8, 4) is 0 Å². The Bertz CT molecular complexity index is 344. The second-order valence-corrected chi connectivity index (χ2v) is 3.15. The van der Waals surface area contributed by atoms with Crippen LogP contribution >= 0.6 is 0 Å². The Morgan fingerprint density at radius 1 is 1.25 bits per heavy atom. The number of rotatable bonds is 6. The van der Waals surface area contributed by atoms with Gasteiger partial charge in [-0.05, 0) is 17.7 Å². The van der Waals surface area contributed by atoms with E-state index in [1.165, 1.54) is 12.2 Å². The van der Waals surface area contributed by atoms with Crippen LogP contribution in [0.2, 0.25) is 0 Å². The lowest BCUT2D eigenvalue weighted by atomic mass is 10.2. The molecule has 1 nitrogen and oxygen atoms in total. The fourth-order valence-corrected chi connectivity index (χ4v) is 1.12. The minimum absolute atomic E-state index is 0.308. The highest BCUT2D eigenvalue weighted by Gasteiger charge is 1.90. The molecule has 0 bridgehead atoms. The van der Waals surface area contributed by atoms with Crippen molar-refractivity contribution in [2.75, 3.05) is 13.3 Å². The minimum Gasteiger partial charge on any atom is -0.373 e. The van der Waals surface area contributed by atoms with E-state index in [0.717, 1.165) is 11.6 Å². The molecule has 16 heavy (non-hydrogen) atoms. The van der Waals surface area contributed by atoms with Crippen LogP contribution in [0.15, 0.2) is 54.4 Å². The summed E-state index contributed by atoms with van der Waals surface area (Å²) in [4.78, 5) is 0. The summed E-state index contributed by atoms with van der Waals surface area (Å²) in [6.45, 7) is 0.00309. The van der Waals surface area contributed by atoms with E-state index in [4.69, 9.17) is 4.74 Å². The van der Waals surface area contributed by atoms with Crippen LogP contribution in [-0.2, 0) is 11.3 Å². The van der Waals surface area contributed by atoms with Crippen molar-refractivity contribution in [2.45, 2.75) is 6.61 Å². The number of benzene rings is 1. The normalized spacial score (nSPS) is 12.2. The lowest BCUT2D eigenvalue weighted by molar-refractivity contribution is 0.148. The molecule has 1 aromatic rings. The van der Waals surface area contributed by atoms with E-state index in [1.54, 1.807) is 0 Å². The predicted molar refractivity (Wildman–Crippen MR) is 60.4 cm³/mol. The highest BCUT2D eigenvalue weighted by molar-refractivity contribution is 5.14. The molecule has 0 fully saturated rings. The molecule has 0 atom stereocenters. The molecule has 86 valence electrons. The Kier molecular flexibility index (Phi) is 6.11. The van der Waals surface area contributed by atoms with Crippen LogP contribution in [0.25, 0.3) is 0 Å². The first-order chi connectivity index (χ1) is 7.83. The Balaban J connectivity index is 2.20. The standard InChI is InChI=1S/C13H14F2O/c14-9-8-13(15)7-4-10-16-11-12-5-2-1-3-6-12/h1-8H,9-11H2/b7-4-,13-8+. The molecule has 0 aromatic heterocycles. The van der Waals surface area contributed by atoms with E-state index in [0.29, 0.717) is 13.2 Å². The number of allylic oxidation sites excluding steroid dienone is 3. The largest absolute Gasteiger partial charge is 0.373 e. The SMILES string of the molecule is FC/C=C(F)\C=C/COCc1ccccc1. The second kappa shape index (κ2) is 7.77. The van der Waals surface area contributed by atoms with Crippen LogP contribution in [0.3, 0.4) is 0 Å². The maximum Gasteiger partial charge on any atom is 0.121 e. The van der Waals surface area contributed by atoms with E-state index in [1.807, 2.05) is 30.3 Å². The van der Waals surface area contributed by atoms with E-state index in [-0.39, 0.29) is 0 Å². The Labute approximate surface area is 94.1 Å². The first kappa shape index (κ1) is 12.6. The van der Waals surface area contributed by atoms with Crippen molar-refractivity contribution in [1.29, 1.82) is 0 Å². The van der Waals surface area contributed by atoms with Crippen LogP contribution in [0.1, 0.15) is 5.56 Å². The molecule has 0 aliphatic rings. The quantitative estimate of drug-likeness (QED) is 0.530. The topological polar surface area (TPSA) is 9.23 Å². The Morgan fingerprint density at radius 2 is 2.00 bits per heavy atom. The number of hydrogen-bond acceptors (Lipinski definition) is 1. The summed E-state index contributed by atoms with van der Waals surface area (Å²) in [6, 6.07) is 9.69. The zero-order valence-electron chi connectivity index (χ0n) is 8.90. The van der Waals surface area contributed by atoms with Gasteiger partial charge in [0.1, 0.15) is 12.5 Å². The summed E-state index contributed by atoms with van der Waals surface area (Å²) >= 11 is 0. The van der Waals surface area contributed by atoms with Gasteiger partial charge in [0.05, 0.1) is 13.2 Å². The van der Waals surface area contributed by atoms with Crippen LogP contribution in [-0.4, -0.2) is 13.3 Å². The van der Waals surface area contributed by atoms with Gasteiger partial charge in [-0.2, -0.15) is 0 Å². The highest BCUT2D eigenvalue weighted by Crippen LogP contribution is 2.01. The molecule has 0 spiro atoms. The summed E-state index contributed by atoms with van der Waals surface area (Å²) in [6.07, 6.45) is 3.59. The number of alkyl halides is 1. The third kappa shape index (κ3) is 5.41. The third-order valence-electron chi connectivity index (χ3n) is 1.87. The monoisotopic (exact) mass is 224 g/mol. The molecule has 0 amide bonds. The summed E-state index contributed by atoms with van der Waals surface area (Å²) in [5.74, 6) is -0.578. The van der Waals surface area contributed by atoms with Gasteiger partial charge < -0.3 is 4.74 Å². The Hall–Kier alpha value is -1.48. The van der Waals surface area contributed by atoms with Crippen LogP contribution in [0, 0.1) is 0 Å². The second-order valence-electron chi connectivity index (χ2n) is 3.15. The molecule has 3 heteroatoms. The molecule has 1 rings (SSSR count). The number of halogens is 2. The fraction of sp³-hybridized carbons (Fsp3) is 0.231. The van der Waals surface area contributed by atoms with Gasteiger partial charge in [-0.25, -0.2) is 8.78 Å². The molecule has 1 aromatic carbocycles. The van der Waals surface area contributed by atoms with Crippen LogP contribution < -0.4 is 0 Å². The molecule has 0 radical (unpaired) electrons. The molecule has 0 saturated carbocycles. The van der Waals surface area contributed by atoms with Crippen molar-refractivity contribution in [3.63, 3.8) is 0 Å². The van der Waals surface area contributed by atoms with Gasteiger partial charge in [0.2, 0.25) is 0 Å². The smallest absolute Gasteiger partial charge is 0.121 e. The highest BCUT2D eigenvalue weighted by atomic mass is 19.1. The zero-order chi connectivity index (χ0) is 11.6. The molecular weight excluding hydrogens is 210 g/mol. The van der Waals surface area contributed by atoms with E-state index in [9.17, 15) is 8.78 Å². The molecule has 0 N–H and O–H groups in total. The van der Waals surface area contributed by atoms with Crippen molar-refractivity contribution in [2.24, 2.45) is 0 Å². The van der Waals surface area contributed by atoms with Crippen LogP contribution in [0.4, 0.5) is 8.78 Å². The summed E-state index contributed by atoms with van der Waals surface area (Å²) in [5.41, 5.74) is 1.07. The van der Waals surface area contributed by atoms with E-state index in [2.05, 4.69) is 0 Å². The zero-order valence-corrected chi connectivity index (χ0v) is 8.90. The van der Waals surface area contributed by atoms with Gasteiger partial charge in [-0.3, -0.25) is 0 Å². The lowest BCUT2D eigenvalue weighted by Gasteiger charge is -2.00. The molecule has 0 heterocycles. The molecular formula is C13H14F2O. The summed E-state index contributed by atoms with van der Waals surface area (Å²) in [5, 5.41) is 0. The molecule has 0 aliphatic heterocycles. The first-order valence-electron chi connectivity index (χ1n) is 5.03. The maximum absolute atomic E-state index is 12.6. The Morgan fingerprint density at radius 3 is 2.69 bits per heavy atom. The van der Waals surface area contributed by atoms with Gasteiger partial charge in [-0.1, -0.05) is 36.4 Å². The average molecular weight is 224 g/mol. The van der Waals surface area contributed by atoms with Crippen molar-refractivity contribution in [3.05, 3.63) is 60.0 Å².